The van der Waals surface area contributed by atoms with Gasteiger partial charge in [-0.3, -0.25) is 0 Å². The van der Waals surface area contributed by atoms with Gasteiger partial charge in [-0.25, -0.2) is 4.98 Å². The molecule has 0 aliphatic heterocycles. The molecule has 4 rings (SSSR count). The van der Waals surface area contributed by atoms with Gasteiger partial charge in [0.2, 0.25) is 5.95 Å². The zero-order chi connectivity index (χ0) is 22.5. The monoisotopic (exact) mass is 446 g/mol. The molecule has 2 aromatic carbocycles. The first-order chi connectivity index (χ1) is 15.5. The third kappa shape index (κ3) is 4.97. The first-order valence-electron chi connectivity index (χ1n) is 10.2. The van der Waals surface area contributed by atoms with Crippen molar-refractivity contribution < 1.29 is 0 Å². The number of nitrogens with zero attached hydrogens (tertiary/aromatic N) is 5. The number of aromatic nitrogens is 4. The van der Waals surface area contributed by atoms with Gasteiger partial charge in [0.05, 0.1) is 18.5 Å². The van der Waals surface area contributed by atoms with E-state index in [0.717, 1.165) is 22.6 Å². The summed E-state index contributed by atoms with van der Waals surface area (Å²) in [7, 11) is 0. The lowest BCUT2D eigenvalue weighted by molar-refractivity contribution is 0.754. The molecule has 0 unspecified atom stereocenters. The third-order valence-corrected chi connectivity index (χ3v) is 5.26. The molecule has 0 spiro atoms. The number of hydrogen-bond acceptors (Lipinski definition) is 7. The maximum Gasteiger partial charge on any atom is 0.256 e. The number of nitrogens with one attached hydrogen (secondary N) is 2. The Balaban J connectivity index is 1.57. The van der Waals surface area contributed by atoms with Crippen LogP contribution in [0.2, 0.25) is 5.02 Å². The fourth-order valence-electron chi connectivity index (χ4n) is 3.43. The highest BCUT2D eigenvalue weighted by molar-refractivity contribution is 6.30. The van der Waals surface area contributed by atoms with Gasteiger partial charge < -0.3 is 16.4 Å². The topological polar surface area (TPSA) is 117 Å². The molecule has 0 radical (unpaired) electrons. The van der Waals surface area contributed by atoms with E-state index in [1.54, 1.807) is 10.6 Å². The molecule has 0 amide bonds. The molecule has 4 aromatic rings. The molecule has 0 saturated heterocycles. The summed E-state index contributed by atoms with van der Waals surface area (Å²) in [5.41, 5.74) is 9.06. The Morgan fingerprint density at radius 2 is 1.88 bits per heavy atom. The van der Waals surface area contributed by atoms with Gasteiger partial charge in [-0.2, -0.15) is 14.8 Å². The van der Waals surface area contributed by atoms with Crippen LogP contribution in [0.3, 0.4) is 0 Å². The molecule has 9 heteroatoms. The van der Waals surface area contributed by atoms with E-state index in [1.807, 2.05) is 61.5 Å². The smallest absolute Gasteiger partial charge is 0.256 e. The summed E-state index contributed by atoms with van der Waals surface area (Å²) < 4.78 is 1.63. The van der Waals surface area contributed by atoms with E-state index in [9.17, 15) is 5.26 Å². The zero-order valence-electron chi connectivity index (χ0n) is 17.5. The van der Waals surface area contributed by atoms with Crippen molar-refractivity contribution in [1.29, 1.82) is 5.26 Å². The Labute approximate surface area is 191 Å². The van der Waals surface area contributed by atoms with Crippen molar-refractivity contribution in [3.05, 3.63) is 82.5 Å². The third-order valence-electron chi connectivity index (χ3n) is 5.02. The molecule has 8 nitrogen and oxygen atoms in total. The zero-order valence-corrected chi connectivity index (χ0v) is 18.3. The van der Waals surface area contributed by atoms with Gasteiger partial charge in [0.15, 0.2) is 0 Å². The number of rotatable bonds is 8. The maximum atomic E-state index is 9.28. The summed E-state index contributed by atoms with van der Waals surface area (Å²) in [6.45, 7) is 2.42. The average Bonchev–Trinajstić information content (AvgIpc) is 3.20. The lowest BCUT2D eigenvalue weighted by atomic mass is 10.0. The number of benzene rings is 2. The average molecular weight is 447 g/mol. The Kier molecular flexibility index (Phi) is 6.50. The molecule has 32 heavy (non-hydrogen) atoms. The van der Waals surface area contributed by atoms with Gasteiger partial charge in [0.25, 0.3) is 5.78 Å². The molecule has 162 valence electrons. The van der Waals surface area contributed by atoms with Crippen LogP contribution in [0.5, 0.6) is 0 Å². The molecule has 2 aromatic heterocycles. The molecular weight excluding hydrogens is 424 g/mol. The fourth-order valence-corrected chi connectivity index (χ4v) is 3.63. The summed E-state index contributed by atoms with van der Waals surface area (Å²) in [4.78, 5) is 8.98. The van der Waals surface area contributed by atoms with E-state index in [-0.39, 0.29) is 18.5 Å². The van der Waals surface area contributed by atoms with E-state index >= 15 is 0 Å². The molecular formula is C23H23ClN8. The standard InChI is InChI=1S/C23H23ClN8/c1-15-12-21(27-14-19(26)16-6-3-2-4-7-16)32-23(28-15)30-22(31-32)29-20(10-11-25)17-8-5-9-18(24)13-17/h2-9,12-13,19-20,27H,10,14,26H2,1H3,(H,29,31)/t19-,20-/m1/s1. The van der Waals surface area contributed by atoms with Gasteiger partial charge in [0.1, 0.15) is 5.82 Å². The Morgan fingerprint density at radius 1 is 1.09 bits per heavy atom. The SMILES string of the molecule is Cc1cc(NC[C@@H](N)c2ccccc2)n2nc(N[C@H](CC#N)c3cccc(Cl)c3)nc2n1. The summed E-state index contributed by atoms with van der Waals surface area (Å²) in [6, 6.07) is 20.9. The van der Waals surface area contributed by atoms with Gasteiger partial charge in [0, 0.05) is 29.4 Å². The number of fused-ring (bicyclic) bond motifs is 1. The second-order valence-electron chi connectivity index (χ2n) is 7.44. The summed E-state index contributed by atoms with van der Waals surface area (Å²) in [6.07, 6.45) is 0.236. The highest BCUT2D eigenvalue weighted by Crippen LogP contribution is 2.24. The molecule has 0 saturated carbocycles. The van der Waals surface area contributed by atoms with Crippen LogP contribution in [0.25, 0.3) is 5.78 Å². The molecule has 0 aliphatic carbocycles. The van der Waals surface area contributed by atoms with E-state index in [2.05, 4.69) is 31.8 Å². The van der Waals surface area contributed by atoms with Gasteiger partial charge in [-0.05, 0) is 30.2 Å². The molecule has 0 fully saturated rings. The molecule has 0 aliphatic rings. The Bertz CT molecular complexity index is 1250. The first kappa shape index (κ1) is 21.6. The van der Waals surface area contributed by atoms with Crippen LogP contribution < -0.4 is 16.4 Å². The number of halogens is 1. The number of nitrogens with two attached hydrogens (primary N) is 1. The van der Waals surface area contributed by atoms with Crippen molar-refractivity contribution >= 4 is 29.1 Å². The predicted molar refractivity (Wildman–Crippen MR) is 125 cm³/mol. The minimum atomic E-state index is -0.305. The lowest BCUT2D eigenvalue weighted by Gasteiger charge is -2.15. The number of anilines is 2. The van der Waals surface area contributed by atoms with Crippen LogP contribution in [0.4, 0.5) is 11.8 Å². The van der Waals surface area contributed by atoms with E-state index in [0.29, 0.717) is 23.3 Å². The summed E-state index contributed by atoms with van der Waals surface area (Å²) in [5, 5.41) is 21.0. The van der Waals surface area contributed by atoms with E-state index in [1.165, 1.54) is 0 Å². The van der Waals surface area contributed by atoms with E-state index in [4.69, 9.17) is 17.3 Å². The molecule has 2 heterocycles. The van der Waals surface area contributed by atoms with Crippen molar-refractivity contribution in [2.45, 2.75) is 25.4 Å². The van der Waals surface area contributed by atoms with Crippen molar-refractivity contribution in [1.82, 2.24) is 19.6 Å². The lowest BCUT2D eigenvalue weighted by Crippen LogP contribution is -2.21. The Morgan fingerprint density at radius 3 is 2.62 bits per heavy atom. The van der Waals surface area contributed by atoms with Gasteiger partial charge in [-0.1, -0.05) is 54.1 Å². The largest absolute Gasteiger partial charge is 0.368 e. The second kappa shape index (κ2) is 9.64. The normalized spacial score (nSPS) is 12.8. The van der Waals surface area contributed by atoms with Crippen molar-refractivity contribution in [3.8, 4) is 6.07 Å². The van der Waals surface area contributed by atoms with Crippen molar-refractivity contribution in [2.24, 2.45) is 5.73 Å². The van der Waals surface area contributed by atoms with E-state index < -0.39 is 0 Å². The fraction of sp³-hybridized carbons (Fsp3) is 0.217. The highest BCUT2D eigenvalue weighted by Gasteiger charge is 2.17. The summed E-state index contributed by atoms with van der Waals surface area (Å²) >= 11 is 6.12. The number of hydrogen-bond donors (Lipinski definition) is 3. The predicted octanol–water partition coefficient (Wildman–Crippen LogP) is 4.26. The van der Waals surface area contributed by atoms with Crippen molar-refractivity contribution in [2.75, 3.05) is 17.2 Å². The maximum absolute atomic E-state index is 9.28. The first-order valence-corrected chi connectivity index (χ1v) is 10.6. The molecule has 0 bridgehead atoms. The molecule has 2 atom stereocenters. The van der Waals surface area contributed by atoms with Crippen LogP contribution in [-0.2, 0) is 0 Å². The Hall–Kier alpha value is -3.67. The van der Waals surface area contributed by atoms with Crippen LogP contribution in [-0.4, -0.2) is 26.1 Å². The van der Waals surface area contributed by atoms with Crippen molar-refractivity contribution in [3.63, 3.8) is 0 Å². The van der Waals surface area contributed by atoms with Gasteiger partial charge in [-0.15, -0.1) is 5.10 Å². The van der Waals surface area contributed by atoms with Crippen LogP contribution in [0.1, 0.15) is 35.3 Å². The van der Waals surface area contributed by atoms with Crippen LogP contribution >= 0.6 is 11.6 Å². The number of aryl methyl sites for hydroxylation is 1. The number of nitriles is 1. The minimum Gasteiger partial charge on any atom is -0.368 e. The highest BCUT2D eigenvalue weighted by atomic mass is 35.5. The minimum absolute atomic E-state index is 0.177. The quantitative estimate of drug-likeness (QED) is 0.370. The second-order valence-corrected chi connectivity index (χ2v) is 7.88. The van der Waals surface area contributed by atoms with Crippen LogP contribution in [0, 0.1) is 18.3 Å². The summed E-state index contributed by atoms with van der Waals surface area (Å²) in [5.74, 6) is 1.56. The van der Waals surface area contributed by atoms with Gasteiger partial charge >= 0.3 is 0 Å². The van der Waals surface area contributed by atoms with Crippen LogP contribution in [0.15, 0.2) is 60.7 Å². The molecule has 4 N–H and O–H groups in total.